The second kappa shape index (κ2) is 8.37. The average molecular weight is 445 g/mol. The van der Waals surface area contributed by atoms with E-state index >= 15 is 0 Å². The van der Waals surface area contributed by atoms with E-state index in [0.29, 0.717) is 12.0 Å². The lowest BCUT2D eigenvalue weighted by molar-refractivity contribution is -0.137. The summed E-state index contributed by atoms with van der Waals surface area (Å²) in [6.45, 7) is 0.0387. The number of rotatable bonds is 6. The Morgan fingerprint density at radius 1 is 1.23 bits per heavy atom. The van der Waals surface area contributed by atoms with Crippen molar-refractivity contribution >= 4 is 21.7 Å². The minimum atomic E-state index is -3.74. The zero-order valence-electron chi connectivity index (χ0n) is 16.8. The van der Waals surface area contributed by atoms with E-state index in [2.05, 4.69) is 4.98 Å². The van der Waals surface area contributed by atoms with Gasteiger partial charge in [-0.05, 0) is 42.2 Å². The number of aromatic hydroxyl groups is 1. The zero-order valence-corrected chi connectivity index (χ0v) is 17.6. The summed E-state index contributed by atoms with van der Waals surface area (Å²) in [7, 11) is -3.74. The first-order valence-electron chi connectivity index (χ1n) is 10.0. The Morgan fingerprint density at radius 3 is 2.65 bits per heavy atom. The van der Waals surface area contributed by atoms with Crippen LogP contribution in [0.15, 0.2) is 48.8 Å². The first kappa shape index (κ1) is 21.4. The van der Waals surface area contributed by atoms with Crippen LogP contribution in [0.3, 0.4) is 0 Å². The van der Waals surface area contributed by atoms with Crippen molar-refractivity contribution in [3.8, 4) is 5.75 Å². The van der Waals surface area contributed by atoms with E-state index in [1.165, 1.54) is 27.5 Å². The van der Waals surface area contributed by atoms with Gasteiger partial charge >= 0.3 is 0 Å². The summed E-state index contributed by atoms with van der Waals surface area (Å²) in [5.74, 6) is -0.788. The molecule has 0 saturated carbocycles. The summed E-state index contributed by atoms with van der Waals surface area (Å²) >= 11 is 0. The van der Waals surface area contributed by atoms with E-state index in [1.807, 2.05) is 0 Å². The number of Topliss-reactive ketones (excluding diaryl/α,β-unsaturated/α-hetero) is 1. The van der Waals surface area contributed by atoms with Crippen LogP contribution >= 0.6 is 0 Å². The van der Waals surface area contributed by atoms with Gasteiger partial charge in [0.15, 0.2) is 5.78 Å². The van der Waals surface area contributed by atoms with Gasteiger partial charge in [-0.15, -0.1) is 0 Å². The molecule has 164 valence electrons. The fourth-order valence-corrected chi connectivity index (χ4v) is 6.06. The van der Waals surface area contributed by atoms with Crippen molar-refractivity contribution < 1.29 is 23.1 Å². The number of phenolic OH excluding ortho intramolecular Hbond substituents is 1. The van der Waals surface area contributed by atoms with Crippen LogP contribution in [0.2, 0.25) is 0 Å². The number of phenols is 1. The number of nitrogens with zero attached hydrogens (tertiary/aromatic N) is 3. The smallest absolute Gasteiger partial charge is 0.240 e. The van der Waals surface area contributed by atoms with Gasteiger partial charge in [0.05, 0.1) is 24.4 Å². The summed E-state index contributed by atoms with van der Waals surface area (Å²) in [6, 6.07) is 7.50. The van der Waals surface area contributed by atoms with Gasteiger partial charge in [0, 0.05) is 18.9 Å². The molecule has 1 aromatic carbocycles. The summed E-state index contributed by atoms with van der Waals surface area (Å²) in [5.41, 5.74) is 7.44. The molecule has 0 bridgehead atoms. The molecule has 1 amide bonds. The molecule has 2 saturated heterocycles. The topological polar surface area (TPSA) is 134 Å². The predicted octanol–water partition coefficient (Wildman–Crippen LogP) is 0.0412. The molecule has 2 aliphatic rings. The van der Waals surface area contributed by atoms with Gasteiger partial charge in [0.2, 0.25) is 15.9 Å². The SMILES string of the molecule is NC(Cc1ccc(O)cc1)C(=O)N1CCC2C1C(=O)CN2S(=O)(=O)Cc1cccnc1. The van der Waals surface area contributed by atoms with Crippen LogP contribution in [0.5, 0.6) is 5.75 Å². The number of likely N-dealkylation sites (tertiary alicyclic amines) is 1. The fourth-order valence-electron chi connectivity index (χ4n) is 4.35. The maximum Gasteiger partial charge on any atom is 0.240 e. The minimum Gasteiger partial charge on any atom is -0.508 e. The third kappa shape index (κ3) is 4.32. The second-order valence-electron chi connectivity index (χ2n) is 7.94. The second-order valence-corrected chi connectivity index (χ2v) is 9.86. The van der Waals surface area contributed by atoms with Crippen LogP contribution in [0.25, 0.3) is 0 Å². The van der Waals surface area contributed by atoms with E-state index in [4.69, 9.17) is 5.73 Å². The highest BCUT2D eigenvalue weighted by molar-refractivity contribution is 7.88. The highest BCUT2D eigenvalue weighted by Gasteiger charge is 2.53. The first-order valence-corrected chi connectivity index (χ1v) is 11.6. The molecule has 0 spiro atoms. The average Bonchev–Trinajstić information content (AvgIpc) is 3.31. The van der Waals surface area contributed by atoms with Gasteiger partial charge < -0.3 is 15.7 Å². The normalized spacial score (nSPS) is 22.5. The van der Waals surface area contributed by atoms with Gasteiger partial charge in [-0.25, -0.2) is 8.42 Å². The number of nitrogens with two attached hydrogens (primary N) is 1. The van der Waals surface area contributed by atoms with Crippen molar-refractivity contribution in [3.05, 3.63) is 59.9 Å². The first-order chi connectivity index (χ1) is 14.8. The number of aromatic nitrogens is 1. The molecule has 2 fully saturated rings. The standard InChI is InChI=1S/C21H24N4O5S/c22-17(10-14-3-5-16(26)6-4-14)21(28)24-9-7-18-20(24)19(27)12-25(18)31(29,30)13-15-2-1-8-23-11-15/h1-6,8,11,17-18,20,26H,7,9-10,12-13,22H2. The Bertz CT molecular complexity index is 1070. The number of carbonyl (C=O) groups is 2. The molecule has 3 N–H and O–H groups in total. The van der Waals surface area contributed by atoms with Crippen LogP contribution in [-0.4, -0.2) is 70.6 Å². The summed E-state index contributed by atoms with van der Waals surface area (Å²) < 4.78 is 27.2. The predicted molar refractivity (Wildman–Crippen MR) is 112 cm³/mol. The van der Waals surface area contributed by atoms with Gasteiger partial charge in [-0.1, -0.05) is 18.2 Å². The largest absolute Gasteiger partial charge is 0.508 e. The lowest BCUT2D eigenvalue weighted by Crippen LogP contribution is -2.50. The summed E-state index contributed by atoms with van der Waals surface area (Å²) in [4.78, 5) is 31.1. The molecular formula is C21H24N4O5S. The van der Waals surface area contributed by atoms with Gasteiger partial charge in [-0.3, -0.25) is 14.6 Å². The Morgan fingerprint density at radius 2 is 1.97 bits per heavy atom. The van der Waals surface area contributed by atoms with Crippen LogP contribution in [0.4, 0.5) is 0 Å². The molecule has 0 aliphatic carbocycles. The number of fused-ring (bicyclic) bond motifs is 1. The Hall–Kier alpha value is -2.82. The van der Waals surface area contributed by atoms with Crippen molar-refractivity contribution in [2.75, 3.05) is 13.1 Å². The number of pyridine rings is 1. The van der Waals surface area contributed by atoms with Crippen molar-refractivity contribution in [2.45, 2.75) is 36.7 Å². The van der Waals surface area contributed by atoms with Crippen LogP contribution < -0.4 is 5.73 Å². The molecule has 2 aliphatic heterocycles. The maximum absolute atomic E-state index is 13.0. The zero-order chi connectivity index (χ0) is 22.2. The number of sulfonamides is 1. The molecule has 9 nitrogen and oxygen atoms in total. The number of hydrogen-bond donors (Lipinski definition) is 2. The number of carbonyl (C=O) groups excluding carboxylic acids is 2. The Kier molecular flexibility index (Phi) is 5.78. The third-order valence-corrected chi connectivity index (χ3v) is 7.61. The lowest BCUT2D eigenvalue weighted by Gasteiger charge is -2.26. The lowest BCUT2D eigenvalue weighted by atomic mass is 10.0. The van der Waals surface area contributed by atoms with Crippen molar-refractivity contribution in [3.63, 3.8) is 0 Å². The minimum absolute atomic E-state index is 0.121. The van der Waals surface area contributed by atoms with E-state index in [9.17, 15) is 23.1 Å². The molecule has 3 unspecified atom stereocenters. The van der Waals surface area contributed by atoms with E-state index in [0.717, 1.165) is 5.56 Å². The van der Waals surface area contributed by atoms with Gasteiger partial charge in [0.1, 0.15) is 11.8 Å². The Labute approximate surface area is 180 Å². The molecule has 1 aromatic heterocycles. The molecule has 0 radical (unpaired) electrons. The molecule has 3 atom stereocenters. The van der Waals surface area contributed by atoms with E-state index < -0.39 is 28.1 Å². The molecular weight excluding hydrogens is 420 g/mol. The molecule has 3 heterocycles. The highest BCUT2D eigenvalue weighted by Crippen LogP contribution is 2.33. The summed E-state index contributed by atoms with van der Waals surface area (Å²) in [5, 5.41) is 9.39. The van der Waals surface area contributed by atoms with Crippen molar-refractivity contribution in [1.29, 1.82) is 0 Å². The Balaban J connectivity index is 1.47. The third-order valence-electron chi connectivity index (χ3n) is 5.80. The number of hydrogen-bond acceptors (Lipinski definition) is 7. The van der Waals surface area contributed by atoms with Crippen molar-refractivity contribution in [2.24, 2.45) is 5.73 Å². The number of amides is 1. The fraction of sp³-hybridized carbons (Fsp3) is 0.381. The molecule has 2 aromatic rings. The van der Waals surface area contributed by atoms with Crippen LogP contribution in [-0.2, 0) is 31.8 Å². The van der Waals surface area contributed by atoms with E-state index in [1.54, 1.807) is 30.5 Å². The maximum atomic E-state index is 13.0. The van der Waals surface area contributed by atoms with Gasteiger partial charge in [0.25, 0.3) is 0 Å². The number of ketones is 1. The van der Waals surface area contributed by atoms with Crippen LogP contribution in [0.1, 0.15) is 17.5 Å². The monoisotopic (exact) mass is 444 g/mol. The highest BCUT2D eigenvalue weighted by atomic mass is 32.2. The number of benzene rings is 1. The quantitative estimate of drug-likeness (QED) is 0.642. The van der Waals surface area contributed by atoms with Crippen molar-refractivity contribution in [1.82, 2.24) is 14.2 Å². The molecule has 31 heavy (non-hydrogen) atoms. The van der Waals surface area contributed by atoms with E-state index in [-0.39, 0.29) is 42.7 Å². The summed E-state index contributed by atoms with van der Waals surface area (Å²) in [6.07, 6.45) is 3.69. The van der Waals surface area contributed by atoms with Crippen LogP contribution in [0, 0.1) is 0 Å². The molecule has 4 rings (SSSR count). The van der Waals surface area contributed by atoms with Gasteiger partial charge in [-0.2, -0.15) is 4.31 Å². The molecule has 10 heteroatoms.